The lowest BCUT2D eigenvalue weighted by molar-refractivity contribution is 0.267. The van der Waals surface area contributed by atoms with E-state index in [4.69, 9.17) is 21.1 Å². The Balaban J connectivity index is 1.85. The molecule has 0 bridgehead atoms. The lowest BCUT2D eigenvalue weighted by Gasteiger charge is -2.14. The molecule has 0 fully saturated rings. The quantitative estimate of drug-likeness (QED) is 0.352. The van der Waals surface area contributed by atoms with Crippen molar-refractivity contribution in [2.75, 3.05) is 6.61 Å². The Labute approximate surface area is 179 Å². The van der Waals surface area contributed by atoms with E-state index in [0.717, 1.165) is 26.9 Å². The summed E-state index contributed by atoms with van der Waals surface area (Å²) in [6.45, 7) is 4.92. The lowest BCUT2D eigenvalue weighted by Crippen LogP contribution is -2.01. The summed E-state index contributed by atoms with van der Waals surface area (Å²) in [6, 6.07) is 19.6. The van der Waals surface area contributed by atoms with E-state index in [1.54, 1.807) is 6.21 Å². The van der Waals surface area contributed by atoms with Gasteiger partial charge in [0, 0.05) is 11.2 Å². The summed E-state index contributed by atoms with van der Waals surface area (Å²) in [5, 5.41) is 0.704. The molecule has 0 aliphatic rings. The van der Waals surface area contributed by atoms with Crippen LogP contribution in [0.25, 0.3) is 0 Å². The molecule has 0 aliphatic heterocycles. The first kappa shape index (κ1) is 20.4. The largest absolute Gasteiger partial charge is 0.490 e. The summed E-state index contributed by atoms with van der Waals surface area (Å²) in [6.07, 6.45) is 1.80. The van der Waals surface area contributed by atoms with Crippen molar-refractivity contribution >= 4 is 39.4 Å². The van der Waals surface area contributed by atoms with Gasteiger partial charge in [0.25, 0.3) is 0 Å². The molecule has 0 spiro atoms. The van der Waals surface area contributed by atoms with E-state index in [-0.39, 0.29) is 0 Å². The Morgan fingerprint density at radius 3 is 2.57 bits per heavy atom. The summed E-state index contributed by atoms with van der Waals surface area (Å²) in [5.41, 5.74) is 3.79. The zero-order valence-corrected chi connectivity index (χ0v) is 18.1. The van der Waals surface area contributed by atoms with Crippen LogP contribution in [-0.4, -0.2) is 12.8 Å². The molecule has 5 heteroatoms. The topological polar surface area (TPSA) is 30.8 Å². The molecular formula is C23H21BrClNO2. The van der Waals surface area contributed by atoms with Crippen molar-refractivity contribution in [3.05, 3.63) is 86.8 Å². The highest BCUT2D eigenvalue weighted by Crippen LogP contribution is 2.37. The molecule has 0 unspecified atom stereocenters. The zero-order valence-electron chi connectivity index (χ0n) is 15.8. The van der Waals surface area contributed by atoms with Crippen molar-refractivity contribution < 1.29 is 9.47 Å². The fraction of sp³-hybridized carbons (Fsp3) is 0.174. The molecule has 0 atom stereocenters. The van der Waals surface area contributed by atoms with Crippen LogP contribution in [0.5, 0.6) is 11.5 Å². The van der Waals surface area contributed by atoms with E-state index in [9.17, 15) is 0 Å². The fourth-order valence-corrected chi connectivity index (χ4v) is 3.42. The van der Waals surface area contributed by atoms with E-state index < -0.39 is 0 Å². The minimum Gasteiger partial charge on any atom is -0.490 e. The highest BCUT2D eigenvalue weighted by molar-refractivity contribution is 9.10. The van der Waals surface area contributed by atoms with Gasteiger partial charge < -0.3 is 9.47 Å². The third-order valence-corrected chi connectivity index (χ3v) is 5.15. The van der Waals surface area contributed by atoms with E-state index in [1.165, 1.54) is 0 Å². The van der Waals surface area contributed by atoms with E-state index >= 15 is 0 Å². The molecule has 3 aromatic carbocycles. The molecule has 0 heterocycles. The van der Waals surface area contributed by atoms with Crippen LogP contribution in [-0.2, 0) is 6.61 Å². The molecular weight excluding hydrogens is 438 g/mol. The first-order valence-corrected chi connectivity index (χ1v) is 10.2. The number of aliphatic imine (C=N–C) groups is 1. The smallest absolute Gasteiger partial charge is 0.175 e. The number of hydrogen-bond donors (Lipinski definition) is 0. The van der Waals surface area contributed by atoms with Gasteiger partial charge in [-0.25, -0.2) is 0 Å². The number of rotatable bonds is 7. The second-order valence-electron chi connectivity index (χ2n) is 6.18. The van der Waals surface area contributed by atoms with E-state index in [0.29, 0.717) is 29.7 Å². The lowest BCUT2D eigenvalue weighted by atomic mass is 10.2. The second-order valence-corrected chi connectivity index (χ2v) is 7.44. The van der Waals surface area contributed by atoms with Gasteiger partial charge in [0.15, 0.2) is 11.5 Å². The average Bonchev–Trinajstić information content (AvgIpc) is 2.69. The first-order chi connectivity index (χ1) is 13.6. The van der Waals surface area contributed by atoms with Crippen LogP contribution in [0.2, 0.25) is 5.02 Å². The van der Waals surface area contributed by atoms with Crippen LogP contribution in [0.1, 0.15) is 23.6 Å². The predicted molar refractivity (Wildman–Crippen MR) is 120 cm³/mol. The summed E-state index contributed by atoms with van der Waals surface area (Å²) >= 11 is 9.78. The molecule has 3 nitrogen and oxygen atoms in total. The molecule has 3 aromatic rings. The van der Waals surface area contributed by atoms with Crippen LogP contribution in [0.15, 0.2) is 70.1 Å². The first-order valence-electron chi connectivity index (χ1n) is 9.00. The third-order valence-electron chi connectivity index (χ3n) is 4.15. The molecule has 0 amide bonds. The van der Waals surface area contributed by atoms with Gasteiger partial charge >= 0.3 is 0 Å². The molecule has 0 saturated heterocycles. The third kappa shape index (κ3) is 5.15. The van der Waals surface area contributed by atoms with Crippen molar-refractivity contribution in [2.45, 2.75) is 20.5 Å². The minimum absolute atomic E-state index is 0.467. The maximum absolute atomic E-state index is 6.18. The van der Waals surface area contributed by atoms with Crippen molar-refractivity contribution in [1.82, 2.24) is 0 Å². The molecule has 3 rings (SSSR count). The molecule has 0 aromatic heterocycles. The van der Waals surface area contributed by atoms with Gasteiger partial charge in [0.05, 0.1) is 16.8 Å². The Hall–Kier alpha value is -2.30. The number of halogens is 2. The number of nitrogens with zero attached hydrogens (tertiary/aromatic N) is 1. The zero-order chi connectivity index (χ0) is 19.9. The molecule has 0 radical (unpaired) electrons. The van der Waals surface area contributed by atoms with Gasteiger partial charge in [-0.3, -0.25) is 4.99 Å². The van der Waals surface area contributed by atoms with E-state index in [2.05, 4.69) is 20.9 Å². The van der Waals surface area contributed by atoms with Gasteiger partial charge in [0.1, 0.15) is 6.61 Å². The van der Waals surface area contributed by atoms with Crippen molar-refractivity contribution in [3.8, 4) is 11.5 Å². The van der Waals surface area contributed by atoms with Crippen LogP contribution in [0.4, 0.5) is 5.69 Å². The van der Waals surface area contributed by atoms with Crippen molar-refractivity contribution in [3.63, 3.8) is 0 Å². The van der Waals surface area contributed by atoms with Gasteiger partial charge in [-0.15, -0.1) is 0 Å². The molecule has 28 heavy (non-hydrogen) atoms. The average molecular weight is 459 g/mol. The van der Waals surface area contributed by atoms with Crippen LogP contribution in [0.3, 0.4) is 0 Å². The monoisotopic (exact) mass is 457 g/mol. The standard InChI is InChI=1S/C23H21BrClNO2/c1-3-27-22-13-18(14-26-21-11-7-10-20(25)16(21)2)12-19(24)23(22)28-15-17-8-5-4-6-9-17/h4-14H,3,15H2,1-2H3. The maximum Gasteiger partial charge on any atom is 0.175 e. The number of hydrogen-bond acceptors (Lipinski definition) is 3. The van der Waals surface area contributed by atoms with Crippen LogP contribution < -0.4 is 9.47 Å². The van der Waals surface area contributed by atoms with Crippen molar-refractivity contribution in [2.24, 2.45) is 4.99 Å². The second kappa shape index (κ2) is 9.76. The van der Waals surface area contributed by atoms with Gasteiger partial charge in [0.2, 0.25) is 0 Å². The van der Waals surface area contributed by atoms with E-state index in [1.807, 2.05) is 74.5 Å². The summed E-state index contributed by atoms with van der Waals surface area (Å²) < 4.78 is 12.6. The Kier molecular flexibility index (Phi) is 7.12. The van der Waals surface area contributed by atoms with Crippen LogP contribution in [0, 0.1) is 6.92 Å². The Morgan fingerprint density at radius 2 is 1.82 bits per heavy atom. The normalized spacial score (nSPS) is 11.0. The highest BCUT2D eigenvalue weighted by Gasteiger charge is 2.12. The van der Waals surface area contributed by atoms with Gasteiger partial charge in [-0.1, -0.05) is 48.0 Å². The van der Waals surface area contributed by atoms with Crippen molar-refractivity contribution in [1.29, 1.82) is 0 Å². The van der Waals surface area contributed by atoms with Gasteiger partial charge in [-0.2, -0.15) is 0 Å². The predicted octanol–water partition coefficient (Wildman–Crippen LogP) is 7.14. The minimum atomic E-state index is 0.467. The molecule has 0 aliphatic carbocycles. The molecule has 0 N–H and O–H groups in total. The molecule has 0 saturated carbocycles. The summed E-state index contributed by atoms with van der Waals surface area (Å²) in [7, 11) is 0. The Morgan fingerprint density at radius 1 is 1.04 bits per heavy atom. The fourth-order valence-electron chi connectivity index (χ4n) is 2.68. The highest BCUT2D eigenvalue weighted by atomic mass is 79.9. The maximum atomic E-state index is 6.18. The number of ether oxygens (including phenoxy) is 2. The summed E-state index contributed by atoms with van der Waals surface area (Å²) in [5.74, 6) is 1.36. The number of benzene rings is 3. The SMILES string of the molecule is CCOc1cc(C=Nc2cccc(Cl)c2C)cc(Br)c1OCc1ccccc1. The Bertz CT molecular complexity index is 974. The molecule has 144 valence electrons. The van der Waals surface area contributed by atoms with Crippen LogP contribution >= 0.6 is 27.5 Å². The van der Waals surface area contributed by atoms with Gasteiger partial charge in [-0.05, 0) is 70.7 Å². The summed E-state index contributed by atoms with van der Waals surface area (Å²) in [4.78, 5) is 4.58.